The van der Waals surface area contributed by atoms with Gasteiger partial charge >= 0.3 is 0 Å². The molecule has 0 bridgehead atoms. The molecule has 1 aromatic carbocycles. The Kier molecular flexibility index (Phi) is 1.96. The molecular formula is C9H8NOS. The number of nitrogens with zero attached hydrogens (tertiary/aromatic N) is 1. The average Bonchev–Trinajstić information content (AvgIpc) is 2.53. The minimum absolute atomic E-state index is 0.677. The Morgan fingerprint density at radius 1 is 1.58 bits per heavy atom. The van der Waals surface area contributed by atoms with Crippen molar-refractivity contribution in [1.29, 1.82) is 0 Å². The van der Waals surface area contributed by atoms with E-state index in [0.29, 0.717) is 6.61 Å². The van der Waals surface area contributed by atoms with E-state index >= 15 is 0 Å². The molecule has 12 heavy (non-hydrogen) atoms. The summed E-state index contributed by atoms with van der Waals surface area (Å²) in [4.78, 5) is 4.11. The second kappa shape index (κ2) is 3.11. The van der Waals surface area contributed by atoms with E-state index in [1.54, 1.807) is 0 Å². The summed E-state index contributed by atoms with van der Waals surface area (Å²) >= 11 is 1.51. The highest BCUT2D eigenvalue weighted by molar-refractivity contribution is 7.16. The minimum atomic E-state index is 0.677. The minimum Gasteiger partial charge on any atom is -0.492 e. The van der Waals surface area contributed by atoms with E-state index < -0.39 is 0 Å². The van der Waals surface area contributed by atoms with Gasteiger partial charge in [-0.25, -0.2) is 4.98 Å². The second-order valence-corrected chi connectivity index (χ2v) is 3.17. The summed E-state index contributed by atoms with van der Waals surface area (Å²) < 4.78 is 6.53. The van der Waals surface area contributed by atoms with E-state index in [1.807, 2.05) is 25.1 Å². The number of benzene rings is 1. The summed E-state index contributed by atoms with van der Waals surface area (Å²) in [5.74, 6) is 0.854. The maximum Gasteiger partial charge on any atom is 0.153 e. The van der Waals surface area contributed by atoms with Crippen LogP contribution in [0.5, 0.6) is 5.75 Å². The molecule has 0 aliphatic heterocycles. The van der Waals surface area contributed by atoms with Crippen molar-refractivity contribution in [3.05, 3.63) is 23.7 Å². The van der Waals surface area contributed by atoms with Crippen LogP contribution in [0.4, 0.5) is 0 Å². The molecule has 0 saturated carbocycles. The standard InChI is InChI=1S/C9H8NOS/c1-2-11-7-4-3-5-8-9(7)10-6-12-8/h3-5H,2H2,1H3. The van der Waals surface area contributed by atoms with Crippen molar-refractivity contribution in [3.8, 4) is 5.75 Å². The molecule has 0 aliphatic carbocycles. The first kappa shape index (κ1) is 7.55. The lowest BCUT2D eigenvalue weighted by molar-refractivity contribution is 0.344. The summed E-state index contributed by atoms with van der Waals surface area (Å²) in [7, 11) is 0. The highest BCUT2D eigenvalue weighted by Gasteiger charge is 2.02. The van der Waals surface area contributed by atoms with Gasteiger partial charge in [-0.05, 0) is 19.1 Å². The Labute approximate surface area is 74.8 Å². The van der Waals surface area contributed by atoms with Gasteiger partial charge in [0, 0.05) is 0 Å². The van der Waals surface area contributed by atoms with Gasteiger partial charge in [-0.15, -0.1) is 11.3 Å². The smallest absolute Gasteiger partial charge is 0.153 e. The van der Waals surface area contributed by atoms with E-state index in [0.717, 1.165) is 16.0 Å². The molecule has 0 saturated heterocycles. The Hall–Kier alpha value is -1.09. The van der Waals surface area contributed by atoms with Crippen molar-refractivity contribution in [1.82, 2.24) is 4.98 Å². The largest absolute Gasteiger partial charge is 0.492 e. The average molecular weight is 178 g/mol. The Bertz CT molecular complexity index is 383. The molecule has 2 rings (SSSR count). The zero-order valence-corrected chi connectivity index (χ0v) is 7.52. The van der Waals surface area contributed by atoms with Crippen LogP contribution in [0.1, 0.15) is 6.92 Å². The number of hydrogen-bond donors (Lipinski definition) is 0. The number of thiazole rings is 1. The number of fused-ring (bicyclic) bond motifs is 1. The van der Waals surface area contributed by atoms with Gasteiger partial charge < -0.3 is 4.74 Å². The van der Waals surface area contributed by atoms with Crippen LogP contribution < -0.4 is 4.74 Å². The van der Waals surface area contributed by atoms with Crippen LogP contribution in [0.25, 0.3) is 10.2 Å². The summed E-state index contributed by atoms with van der Waals surface area (Å²) in [5.41, 5.74) is 3.77. The van der Waals surface area contributed by atoms with Crippen LogP contribution in [0.2, 0.25) is 0 Å². The third-order valence-electron chi connectivity index (χ3n) is 1.57. The Morgan fingerprint density at radius 3 is 3.33 bits per heavy atom. The van der Waals surface area contributed by atoms with Crippen molar-refractivity contribution in [3.63, 3.8) is 0 Å². The highest BCUT2D eigenvalue weighted by atomic mass is 32.1. The number of hydrogen-bond acceptors (Lipinski definition) is 3. The van der Waals surface area contributed by atoms with Gasteiger partial charge in [0.2, 0.25) is 0 Å². The number of rotatable bonds is 2. The van der Waals surface area contributed by atoms with Crippen molar-refractivity contribution in [2.45, 2.75) is 6.92 Å². The van der Waals surface area contributed by atoms with E-state index in [9.17, 15) is 0 Å². The predicted molar refractivity (Wildman–Crippen MR) is 49.6 cm³/mol. The fraction of sp³-hybridized carbons (Fsp3) is 0.222. The Balaban J connectivity index is 2.57. The second-order valence-electron chi connectivity index (χ2n) is 2.34. The van der Waals surface area contributed by atoms with Crippen molar-refractivity contribution in [2.75, 3.05) is 6.61 Å². The van der Waals surface area contributed by atoms with Crippen molar-refractivity contribution in [2.24, 2.45) is 0 Å². The molecule has 61 valence electrons. The number of para-hydroxylation sites is 1. The van der Waals surface area contributed by atoms with Gasteiger partial charge in [-0.1, -0.05) is 6.07 Å². The lowest BCUT2D eigenvalue weighted by Gasteiger charge is -2.01. The summed E-state index contributed by atoms with van der Waals surface area (Å²) in [5, 5.41) is 0. The van der Waals surface area contributed by atoms with E-state index in [4.69, 9.17) is 4.74 Å². The van der Waals surface area contributed by atoms with Gasteiger partial charge in [0.05, 0.1) is 11.3 Å². The van der Waals surface area contributed by atoms with E-state index in [2.05, 4.69) is 10.5 Å². The summed E-state index contributed by atoms with van der Waals surface area (Å²) in [6, 6.07) is 5.92. The highest BCUT2D eigenvalue weighted by Crippen LogP contribution is 2.26. The molecule has 1 aromatic heterocycles. The zero-order chi connectivity index (χ0) is 8.39. The van der Waals surface area contributed by atoms with Gasteiger partial charge in [0.1, 0.15) is 11.3 Å². The fourth-order valence-corrected chi connectivity index (χ4v) is 1.71. The molecule has 0 fully saturated rings. The molecule has 0 spiro atoms. The van der Waals surface area contributed by atoms with Gasteiger partial charge in [0.25, 0.3) is 0 Å². The van der Waals surface area contributed by atoms with Crippen molar-refractivity contribution < 1.29 is 4.74 Å². The van der Waals surface area contributed by atoms with Crippen molar-refractivity contribution >= 4 is 21.6 Å². The topological polar surface area (TPSA) is 22.1 Å². The van der Waals surface area contributed by atoms with Crippen LogP contribution >= 0.6 is 11.3 Å². The third kappa shape index (κ3) is 1.16. The molecule has 0 aliphatic rings. The third-order valence-corrected chi connectivity index (χ3v) is 2.31. The molecule has 2 nitrogen and oxygen atoms in total. The SMILES string of the molecule is CCOc1cccc2s[c]nc12. The van der Waals surface area contributed by atoms with Crippen LogP contribution in [0.3, 0.4) is 0 Å². The molecule has 0 unspecified atom stereocenters. The van der Waals surface area contributed by atoms with Crippen LogP contribution in [0, 0.1) is 5.51 Å². The van der Waals surface area contributed by atoms with Gasteiger partial charge in [0.15, 0.2) is 5.51 Å². The molecule has 3 heteroatoms. The summed E-state index contributed by atoms with van der Waals surface area (Å²) in [6.07, 6.45) is 0. The fourth-order valence-electron chi connectivity index (χ4n) is 1.08. The molecule has 0 amide bonds. The maximum absolute atomic E-state index is 5.40. The monoisotopic (exact) mass is 178 g/mol. The lowest BCUT2D eigenvalue weighted by atomic mass is 10.3. The number of ether oxygens (including phenoxy) is 1. The first-order chi connectivity index (χ1) is 5.92. The van der Waals surface area contributed by atoms with Gasteiger partial charge in [-0.2, -0.15) is 0 Å². The molecule has 1 radical (unpaired) electrons. The lowest BCUT2D eigenvalue weighted by Crippen LogP contribution is -1.91. The quantitative estimate of drug-likeness (QED) is 0.704. The molecule has 0 N–H and O–H groups in total. The predicted octanol–water partition coefficient (Wildman–Crippen LogP) is 2.50. The normalized spacial score (nSPS) is 10.4. The molecule has 2 aromatic rings. The molecule has 0 atom stereocenters. The van der Waals surface area contributed by atoms with Crippen LogP contribution in [-0.2, 0) is 0 Å². The van der Waals surface area contributed by atoms with Crippen LogP contribution in [-0.4, -0.2) is 11.6 Å². The van der Waals surface area contributed by atoms with Crippen LogP contribution in [0.15, 0.2) is 18.2 Å². The van der Waals surface area contributed by atoms with E-state index in [-0.39, 0.29) is 0 Å². The zero-order valence-electron chi connectivity index (χ0n) is 6.70. The number of aromatic nitrogens is 1. The Morgan fingerprint density at radius 2 is 2.50 bits per heavy atom. The first-order valence-corrected chi connectivity index (χ1v) is 4.62. The maximum atomic E-state index is 5.40. The summed E-state index contributed by atoms with van der Waals surface area (Å²) in [6.45, 7) is 2.64. The first-order valence-electron chi connectivity index (χ1n) is 3.80. The van der Waals surface area contributed by atoms with Gasteiger partial charge in [-0.3, -0.25) is 0 Å². The molecular weight excluding hydrogens is 170 g/mol. The van der Waals surface area contributed by atoms with E-state index in [1.165, 1.54) is 11.3 Å². The molecule has 1 heterocycles.